The molecule has 0 heterocycles. The summed E-state index contributed by atoms with van der Waals surface area (Å²) >= 11 is 0. The van der Waals surface area contributed by atoms with E-state index in [9.17, 15) is 26.4 Å². The third kappa shape index (κ3) is 4.82. The Labute approximate surface area is 112 Å². The maximum atomic E-state index is 11.9. The first kappa shape index (κ1) is 16.4. The summed E-state index contributed by atoms with van der Waals surface area (Å²) in [6.45, 7) is -2.22. The van der Waals surface area contributed by atoms with Crippen molar-refractivity contribution >= 4 is 15.8 Å². The van der Waals surface area contributed by atoms with Crippen LogP contribution in [0.5, 0.6) is 0 Å². The average Bonchev–Trinajstić information content (AvgIpc) is 2.33. The zero-order valence-electron chi connectivity index (χ0n) is 10.1. The lowest BCUT2D eigenvalue weighted by molar-refractivity contribution is -0.172. The van der Waals surface area contributed by atoms with Gasteiger partial charge < -0.3 is 9.84 Å². The van der Waals surface area contributed by atoms with Crippen LogP contribution in [0.15, 0.2) is 29.2 Å². The Kier molecular flexibility index (Phi) is 5.12. The molecule has 0 atom stereocenters. The lowest BCUT2D eigenvalue weighted by atomic mass is 10.2. The molecule has 1 N–H and O–H groups in total. The Morgan fingerprint density at radius 1 is 1.25 bits per heavy atom. The number of aromatic carboxylic acids is 1. The highest BCUT2D eigenvalue weighted by Gasteiger charge is 2.28. The van der Waals surface area contributed by atoms with Crippen LogP contribution in [0.2, 0.25) is 0 Å². The Bertz CT molecular complexity index is 580. The van der Waals surface area contributed by atoms with E-state index in [0.29, 0.717) is 0 Å². The Balaban J connectivity index is 2.78. The third-order valence-electron chi connectivity index (χ3n) is 2.21. The predicted octanol–water partition coefficient (Wildman–Crippen LogP) is 1.74. The Hall–Kier alpha value is -1.61. The molecule has 0 unspecified atom stereocenters. The molecule has 20 heavy (non-hydrogen) atoms. The van der Waals surface area contributed by atoms with Crippen LogP contribution in [0.3, 0.4) is 0 Å². The maximum absolute atomic E-state index is 11.9. The Morgan fingerprint density at radius 2 is 1.85 bits per heavy atom. The predicted molar refractivity (Wildman–Crippen MR) is 62.3 cm³/mol. The highest BCUT2D eigenvalue weighted by molar-refractivity contribution is 7.91. The summed E-state index contributed by atoms with van der Waals surface area (Å²) in [6.07, 6.45) is -4.54. The summed E-state index contributed by atoms with van der Waals surface area (Å²) in [7, 11) is -4.03. The summed E-state index contributed by atoms with van der Waals surface area (Å²) in [5.74, 6) is -2.16. The molecule has 112 valence electrons. The highest BCUT2D eigenvalue weighted by Crippen LogP contribution is 2.18. The lowest BCUT2D eigenvalue weighted by Gasteiger charge is -2.09. The van der Waals surface area contributed by atoms with E-state index >= 15 is 0 Å². The second kappa shape index (κ2) is 6.23. The molecule has 0 aliphatic rings. The molecule has 0 bridgehead atoms. The van der Waals surface area contributed by atoms with Gasteiger partial charge in [0.2, 0.25) is 0 Å². The van der Waals surface area contributed by atoms with E-state index in [1.54, 1.807) is 0 Å². The quantitative estimate of drug-likeness (QED) is 0.809. The number of benzene rings is 1. The van der Waals surface area contributed by atoms with Crippen molar-refractivity contribution in [3.05, 3.63) is 29.8 Å². The minimum Gasteiger partial charge on any atom is -0.478 e. The first-order chi connectivity index (χ1) is 9.13. The van der Waals surface area contributed by atoms with Gasteiger partial charge in [-0.25, -0.2) is 13.2 Å². The van der Waals surface area contributed by atoms with Crippen LogP contribution < -0.4 is 0 Å². The van der Waals surface area contributed by atoms with Crippen LogP contribution in [0, 0.1) is 0 Å². The van der Waals surface area contributed by atoms with Crippen molar-refractivity contribution in [1.82, 2.24) is 0 Å². The molecule has 0 spiro atoms. The SMILES string of the molecule is O=C(O)c1ccccc1S(=O)(=O)CCOCC(F)(F)F. The first-order valence-electron chi connectivity index (χ1n) is 5.33. The van der Waals surface area contributed by atoms with E-state index in [0.717, 1.165) is 12.1 Å². The molecule has 0 saturated heterocycles. The zero-order valence-corrected chi connectivity index (χ0v) is 10.9. The van der Waals surface area contributed by atoms with Gasteiger partial charge in [0.1, 0.15) is 6.61 Å². The highest BCUT2D eigenvalue weighted by atomic mass is 32.2. The molecule has 0 saturated carbocycles. The number of sulfone groups is 1. The van der Waals surface area contributed by atoms with E-state index in [1.165, 1.54) is 12.1 Å². The fourth-order valence-corrected chi connectivity index (χ4v) is 2.71. The molecule has 0 amide bonds. The molecule has 0 aromatic heterocycles. The monoisotopic (exact) mass is 312 g/mol. The molecule has 0 fully saturated rings. The summed E-state index contributed by atoms with van der Waals surface area (Å²) in [5, 5.41) is 8.86. The fraction of sp³-hybridized carbons (Fsp3) is 0.364. The van der Waals surface area contributed by atoms with Gasteiger partial charge in [-0.15, -0.1) is 0 Å². The van der Waals surface area contributed by atoms with Crippen molar-refractivity contribution in [2.75, 3.05) is 19.0 Å². The fourth-order valence-electron chi connectivity index (χ4n) is 1.38. The van der Waals surface area contributed by atoms with E-state index in [4.69, 9.17) is 5.11 Å². The minimum absolute atomic E-state index is 0.427. The lowest BCUT2D eigenvalue weighted by Crippen LogP contribution is -2.21. The molecule has 9 heteroatoms. The average molecular weight is 312 g/mol. The third-order valence-corrected chi connectivity index (χ3v) is 3.94. The summed E-state index contributed by atoms with van der Waals surface area (Å²) in [4.78, 5) is 10.4. The van der Waals surface area contributed by atoms with Crippen LogP contribution in [0.1, 0.15) is 10.4 Å². The molecular formula is C11H11F3O5S. The van der Waals surface area contributed by atoms with Gasteiger partial charge in [-0.05, 0) is 12.1 Å². The normalized spacial score (nSPS) is 12.3. The topological polar surface area (TPSA) is 80.7 Å². The van der Waals surface area contributed by atoms with Gasteiger partial charge in [0, 0.05) is 0 Å². The number of carboxylic acids is 1. The van der Waals surface area contributed by atoms with Crippen molar-refractivity contribution in [3.8, 4) is 0 Å². The maximum Gasteiger partial charge on any atom is 0.411 e. The summed E-state index contributed by atoms with van der Waals surface area (Å²) in [6, 6.07) is 4.87. The van der Waals surface area contributed by atoms with E-state index < -0.39 is 51.4 Å². The van der Waals surface area contributed by atoms with Gasteiger partial charge >= 0.3 is 12.1 Å². The molecule has 0 aliphatic carbocycles. The van der Waals surface area contributed by atoms with Crippen LogP contribution in [0.4, 0.5) is 13.2 Å². The summed E-state index contributed by atoms with van der Waals surface area (Å²) < 4.78 is 63.4. The number of hydrogen-bond acceptors (Lipinski definition) is 4. The van der Waals surface area contributed by atoms with E-state index in [1.807, 2.05) is 0 Å². The van der Waals surface area contributed by atoms with E-state index in [-0.39, 0.29) is 0 Å². The van der Waals surface area contributed by atoms with Gasteiger partial charge in [0.25, 0.3) is 0 Å². The van der Waals surface area contributed by atoms with Gasteiger partial charge in [-0.1, -0.05) is 12.1 Å². The van der Waals surface area contributed by atoms with E-state index in [2.05, 4.69) is 4.74 Å². The zero-order chi connectivity index (χ0) is 15.4. The van der Waals surface area contributed by atoms with Crippen LogP contribution >= 0.6 is 0 Å². The van der Waals surface area contributed by atoms with Gasteiger partial charge in [0.05, 0.1) is 22.8 Å². The molecule has 1 aromatic rings. The van der Waals surface area contributed by atoms with Crippen LogP contribution in [0.25, 0.3) is 0 Å². The number of carbonyl (C=O) groups is 1. The molecule has 1 aromatic carbocycles. The number of carboxylic acid groups (broad SMARTS) is 1. The molecule has 1 rings (SSSR count). The minimum atomic E-state index is -4.54. The van der Waals surface area contributed by atoms with Gasteiger partial charge in [-0.2, -0.15) is 13.2 Å². The largest absolute Gasteiger partial charge is 0.478 e. The van der Waals surface area contributed by atoms with Crippen molar-refractivity contribution < 1.29 is 36.2 Å². The van der Waals surface area contributed by atoms with Crippen molar-refractivity contribution in [1.29, 1.82) is 0 Å². The van der Waals surface area contributed by atoms with Crippen molar-refractivity contribution in [2.24, 2.45) is 0 Å². The Morgan fingerprint density at radius 3 is 2.40 bits per heavy atom. The van der Waals surface area contributed by atoms with Crippen molar-refractivity contribution in [2.45, 2.75) is 11.1 Å². The molecule has 0 radical (unpaired) electrons. The standard InChI is InChI=1S/C11H11F3O5S/c12-11(13,14)7-19-5-6-20(17,18)9-4-2-1-3-8(9)10(15)16/h1-4H,5-7H2,(H,15,16). The van der Waals surface area contributed by atoms with Crippen LogP contribution in [-0.2, 0) is 14.6 Å². The molecule has 0 aliphatic heterocycles. The number of ether oxygens (including phenoxy) is 1. The smallest absolute Gasteiger partial charge is 0.411 e. The number of halogens is 3. The molecular weight excluding hydrogens is 301 g/mol. The van der Waals surface area contributed by atoms with Crippen molar-refractivity contribution in [3.63, 3.8) is 0 Å². The second-order valence-electron chi connectivity index (χ2n) is 3.79. The first-order valence-corrected chi connectivity index (χ1v) is 6.98. The molecule has 5 nitrogen and oxygen atoms in total. The number of alkyl halides is 3. The van der Waals surface area contributed by atoms with Gasteiger partial charge in [0.15, 0.2) is 9.84 Å². The van der Waals surface area contributed by atoms with Gasteiger partial charge in [-0.3, -0.25) is 0 Å². The number of rotatable bonds is 6. The number of hydrogen-bond donors (Lipinski definition) is 1. The second-order valence-corrected chi connectivity index (χ2v) is 5.87. The summed E-state index contributed by atoms with van der Waals surface area (Å²) in [5.41, 5.74) is -0.427. The van der Waals surface area contributed by atoms with Crippen LogP contribution in [-0.4, -0.2) is 44.6 Å².